The van der Waals surface area contributed by atoms with Gasteiger partial charge in [0.2, 0.25) is 5.88 Å². The van der Waals surface area contributed by atoms with Gasteiger partial charge in [-0.05, 0) is 50.5 Å². The first kappa shape index (κ1) is 20.7. The summed E-state index contributed by atoms with van der Waals surface area (Å²) in [5.41, 5.74) is 8.57. The Bertz CT molecular complexity index is 994. The highest BCUT2D eigenvalue weighted by Gasteiger charge is 2.31. The highest BCUT2D eigenvalue weighted by atomic mass is 32.2. The van der Waals surface area contributed by atoms with Crippen LogP contribution in [0.5, 0.6) is 5.88 Å². The van der Waals surface area contributed by atoms with Crippen molar-refractivity contribution in [3.63, 3.8) is 0 Å². The molecule has 3 rings (SSSR count). The highest BCUT2D eigenvalue weighted by Crippen LogP contribution is 2.37. The molecular formula is C21H23N5O2S. The van der Waals surface area contributed by atoms with E-state index in [1.165, 1.54) is 12.4 Å². The number of thioether (sulfide) groups is 1. The van der Waals surface area contributed by atoms with E-state index in [1.807, 2.05) is 25.1 Å². The highest BCUT2D eigenvalue weighted by molar-refractivity contribution is 8.13. The zero-order valence-corrected chi connectivity index (χ0v) is 17.5. The number of carbonyl (C=O) groups is 1. The molecule has 1 unspecified atom stereocenters. The molecule has 1 aliphatic heterocycles. The fourth-order valence-electron chi connectivity index (χ4n) is 3.05. The van der Waals surface area contributed by atoms with Crippen molar-refractivity contribution in [2.45, 2.75) is 32.7 Å². The Balaban J connectivity index is 1.75. The number of nitrogens with zero attached hydrogens (tertiary/aromatic N) is 3. The van der Waals surface area contributed by atoms with Crippen LogP contribution in [-0.4, -0.2) is 33.4 Å². The summed E-state index contributed by atoms with van der Waals surface area (Å²) < 4.78 is 5.31. The standard InChI is InChI=1S/C21H23N5O2S/c1-4-5-9-28-18-13-23-17(12-24-18)19(27)25-15-7-6-14(2)16(11-15)21(3)8-10-29-20(22)26-21/h6-7,11-13H,8-10H2,1-3H3,(H2,22,26)(H,25,27). The van der Waals surface area contributed by atoms with Gasteiger partial charge in [-0.25, -0.2) is 9.97 Å². The predicted octanol–water partition coefficient (Wildman–Crippen LogP) is 3.11. The van der Waals surface area contributed by atoms with Gasteiger partial charge < -0.3 is 15.8 Å². The molecule has 7 nitrogen and oxygen atoms in total. The summed E-state index contributed by atoms with van der Waals surface area (Å²) >= 11 is 1.57. The van der Waals surface area contributed by atoms with Crippen LogP contribution in [0.25, 0.3) is 0 Å². The third-order valence-corrected chi connectivity index (χ3v) is 5.40. The van der Waals surface area contributed by atoms with Gasteiger partial charge in [-0.3, -0.25) is 9.79 Å². The average Bonchev–Trinajstić information content (AvgIpc) is 2.70. The van der Waals surface area contributed by atoms with Gasteiger partial charge in [0.15, 0.2) is 11.8 Å². The second-order valence-electron chi connectivity index (χ2n) is 6.76. The number of aliphatic imine (C=N–C) groups is 1. The molecule has 0 fully saturated rings. The number of aryl methyl sites for hydroxylation is 1. The number of nitrogens with two attached hydrogens (primary N) is 1. The molecule has 0 aliphatic carbocycles. The normalized spacial score (nSPS) is 18.2. The van der Waals surface area contributed by atoms with E-state index < -0.39 is 5.54 Å². The zero-order valence-electron chi connectivity index (χ0n) is 16.7. The number of amides is 1. The number of hydrogen-bond acceptors (Lipinski definition) is 7. The fraction of sp³-hybridized carbons (Fsp3) is 0.333. The van der Waals surface area contributed by atoms with Crippen molar-refractivity contribution in [1.29, 1.82) is 0 Å². The molecule has 2 aromatic rings. The Kier molecular flexibility index (Phi) is 6.39. The van der Waals surface area contributed by atoms with Crippen LogP contribution in [0, 0.1) is 18.8 Å². The van der Waals surface area contributed by atoms with E-state index in [9.17, 15) is 4.79 Å². The van der Waals surface area contributed by atoms with Crippen molar-refractivity contribution in [3.8, 4) is 17.7 Å². The van der Waals surface area contributed by atoms with Crippen LogP contribution < -0.4 is 15.8 Å². The van der Waals surface area contributed by atoms with Gasteiger partial charge in [0, 0.05) is 11.4 Å². The molecule has 0 spiro atoms. The Morgan fingerprint density at radius 1 is 1.38 bits per heavy atom. The number of rotatable bonds is 5. The molecule has 1 atom stereocenters. The molecule has 3 N–H and O–H groups in total. The van der Waals surface area contributed by atoms with Crippen LogP contribution >= 0.6 is 11.8 Å². The number of aromatic nitrogens is 2. The summed E-state index contributed by atoms with van der Waals surface area (Å²) in [6.45, 7) is 6.06. The van der Waals surface area contributed by atoms with Gasteiger partial charge in [0.25, 0.3) is 5.91 Å². The summed E-state index contributed by atoms with van der Waals surface area (Å²) in [6, 6.07) is 5.79. The van der Waals surface area contributed by atoms with Crippen LogP contribution in [0.2, 0.25) is 0 Å². The minimum atomic E-state index is -0.402. The lowest BCUT2D eigenvalue weighted by Gasteiger charge is -2.31. The number of hydrogen-bond donors (Lipinski definition) is 2. The van der Waals surface area contributed by atoms with Crippen LogP contribution in [0.4, 0.5) is 5.69 Å². The SMILES string of the molecule is CC#CCOc1cnc(C(=O)Nc2ccc(C)c(C3(C)CCSC(N)=N3)c2)cn1. The topological polar surface area (TPSA) is 102 Å². The van der Waals surface area contributed by atoms with Crippen molar-refractivity contribution in [3.05, 3.63) is 47.4 Å². The van der Waals surface area contributed by atoms with E-state index in [0.717, 1.165) is 23.3 Å². The maximum absolute atomic E-state index is 12.6. The molecule has 1 amide bonds. The molecule has 8 heteroatoms. The molecule has 0 saturated heterocycles. The molecule has 1 aromatic carbocycles. The molecule has 0 bridgehead atoms. The third-order valence-electron chi connectivity index (χ3n) is 4.60. The first-order chi connectivity index (χ1) is 13.9. The quantitative estimate of drug-likeness (QED) is 0.736. The Morgan fingerprint density at radius 3 is 2.90 bits per heavy atom. The van der Waals surface area contributed by atoms with E-state index in [4.69, 9.17) is 10.5 Å². The first-order valence-corrected chi connectivity index (χ1v) is 10.1. The Hall–Kier alpha value is -3.05. The third kappa shape index (κ3) is 5.06. The first-order valence-electron chi connectivity index (χ1n) is 9.16. The molecule has 2 heterocycles. The summed E-state index contributed by atoms with van der Waals surface area (Å²) in [5, 5.41) is 3.47. The molecule has 29 heavy (non-hydrogen) atoms. The van der Waals surface area contributed by atoms with E-state index in [0.29, 0.717) is 16.7 Å². The van der Waals surface area contributed by atoms with E-state index in [1.54, 1.807) is 18.7 Å². The van der Waals surface area contributed by atoms with Crippen molar-refractivity contribution < 1.29 is 9.53 Å². The number of amidine groups is 1. The molecule has 0 saturated carbocycles. The number of anilines is 1. The van der Waals surface area contributed by atoms with Gasteiger partial charge in [0.1, 0.15) is 5.69 Å². The minimum Gasteiger partial charge on any atom is -0.463 e. The second-order valence-corrected chi connectivity index (χ2v) is 7.88. The smallest absolute Gasteiger partial charge is 0.275 e. The maximum atomic E-state index is 12.6. The van der Waals surface area contributed by atoms with Crippen molar-refractivity contribution in [2.75, 3.05) is 17.7 Å². The number of benzene rings is 1. The molecular weight excluding hydrogens is 386 g/mol. The fourth-order valence-corrected chi connectivity index (χ4v) is 4.02. The van der Waals surface area contributed by atoms with Crippen LogP contribution in [0.3, 0.4) is 0 Å². The van der Waals surface area contributed by atoms with Crippen LogP contribution in [-0.2, 0) is 5.54 Å². The Labute approximate surface area is 174 Å². The van der Waals surface area contributed by atoms with Gasteiger partial charge in [-0.2, -0.15) is 0 Å². The zero-order chi connectivity index (χ0) is 20.9. The maximum Gasteiger partial charge on any atom is 0.275 e. The van der Waals surface area contributed by atoms with E-state index in [-0.39, 0.29) is 18.2 Å². The van der Waals surface area contributed by atoms with Crippen molar-refractivity contribution in [1.82, 2.24) is 9.97 Å². The summed E-state index contributed by atoms with van der Waals surface area (Å²) in [4.78, 5) is 25.4. The lowest BCUT2D eigenvalue weighted by Crippen LogP contribution is -2.29. The van der Waals surface area contributed by atoms with E-state index >= 15 is 0 Å². The molecule has 1 aliphatic rings. The van der Waals surface area contributed by atoms with Gasteiger partial charge in [-0.15, -0.1) is 5.92 Å². The predicted molar refractivity (Wildman–Crippen MR) is 116 cm³/mol. The summed E-state index contributed by atoms with van der Waals surface area (Å²) in [7, 11) is 0. The van der Waals surface area contributed by atoms with Crippen molar-refractivity contribution >= 4 is 28.5 Å². The largest absolute Gasteiger partial charge is 0.463 e. The van der Waals surface area contributed by atoms with Gasteiger partial charge in [0.05, 0.1) is 17.9 Å². The molecule has 1 aromatic heterocycles. The number of ether oxygens (including phenoxy) is 1. The van der Waals surface area contributed by atoms with Crippen molar-refractivity contribution in [2.24, 2.45) is 10.7 Å². The summed E-state index contributed by atoms with van der Waals surface area (Å²) in [5.74, 6) is 6.38. The second kappa shape index (κ2) is 8.97. The number of nitrogens with one attached hydrogen (secondary N) is 1. The lowest BCUT2D eigenvalue weighted by molar-refractivity contribution is 0.102. The minimum absolute atomic E-state index is 0.198. The van der Waals surface area contributed by atoms with E-state index in [2.05, 4.69) is 39.0 Å². The molecule has 150 valence electrons. The summed E-state index contributed by atoms with van der Waals surface area (Å²) in [6.07, 6.45) is 3.67. The average molecular weight is 410 g/mol. The van der Waals surface area contributed by atoms with Crippen LogP contribution in [0.1, 0.15) is 41.9 Å². The number of carbonyl (C=O) groups excluding carboxylic acids is 1. The van der Waals surface area contributed by atoms with Gasteiger partial charge in [-0.1, -0.05) is 23.7 Å². The Morgan fingerprint density at radius 2 is 2.21 bits per heavy atom. The van der Waals surface area contributed by atoms with Crippen LogP contribution in [0.15, 0.2) is 35.6 Å². The molecule has 0 radical (unpaired) electrons. The monoisotopic (exact) mass is 409 g/mol. The van der Waals surface area contributed by atoms with Gasteiger partial charge >= 0.3 is 0 Å². The lowest BCUT2D eigenvalue weighted by atomic mass is 9.86.